The number of ether oxygens (including phenoxy) is 1. The zero-order valence-electron chi connectivity index (χ0n) is 17.1. The number of methoxy groups -OCH3 is 1. The van der Waals surface area contributed by atoms with E-state index in [0.717, 1.165) is 47.4 Å². The van der Waals surface area contributed by atoms with Crippen LogP contribution in [-0.2, 0) is 0 Å². The van der Waals surface area contributed by atoms with Crippen LogP contribution in [0.4, 0.5) is 17.5 Å². The molecular formula is C21H25N7O. The van der Waals surface area contributed by atoms with Crippen LogP contribution in [0.2, 0.25) is 0 Å². The average Bonchev–Trinajstić information content (AvgIpc) is 3.35. The van der Waals surface area contributed by atoms with E-state index in [-0.39, 0.29) is 0 Å². The van der Waals surface area contributed by atoms with Gasteiger partial charge in [0.05, 0.1) is 24.8 Å². The van der Waals surface area contributed by atoms with Gasteiger partial charge in [0.2, 0.25) is 5.95 Å². The van der Waals surface area contributed by atoms with Crippen LogP contribution in [-0.4, -0.2) is 44.3 Å². The molecule has 0 saturated heterocycles. The minimum Gasteiger partial charge on any atom is -0.494 e. The predicted molar refractivity (Wildman–Crippen MR) is 115 cm³/mol. The molecule has 1 aromatic carbocycles. The molecule has 4 aromatic rings. The summed E-state index contributed by atoms with van der Waals surface area (Å²) in [6.07, 6.45) is 3.74. The van der Waals surface area contributed by atoms with Crippen LogP contribution in [0.5, 0.6) is 5.75 Å². The molecule has 150 valence electrons. The van der Waals surface area contributed by atoms with Crippen molar-refractivity contribution >= 4 is 23.1 Å². The third kappa shape index (κ3) is 3.61. The molecule has 0 bridgehead atoms. The van der Waals surface area contributed by atoms with Crippen LogP contribution < -0.4 is 15.0 Å². The maximum Gasteiger partial charge on any atom is 0.247 e. The van der Waals surface area contributed by atoms with Crippen molar-refractivity contribution in [2.24, 2.45) is 0 Å². The van der Waals surface area contributed by atoms with Crippen molar-refractivity contribution in [1.29, 1.82) is 0 Å². The summed E-state index contributed by atoms with van der Waals surface area (Å²) < 4.78 is 9.40. The van der Waals surface area contributed by atoms with Crippen molar-refractivity contribution in [2.75, 3.05) is 30.4 Å². The highest BCUT2D eigenvalue weighted by Crippen LogP contribution is 2.28. The van der Waals surface area contributed by atoms with Gasteiger partial charge in [-0.2, -0.15) is 9.50 Å². The van der Waals surface area contributed by atoms with Crippen molar-refractivity contribution < 1.29 is 4.74 Å². The fraction of sp³-hybridized carbons (Fsp3) is 0.286. The summed E-state index contributed by atoms with van der Waals surface area (Å²) in [6, 6.07) is 11.9. The topological polar surface area (TPSA) is 72.5 Å². The summed E-state index contributed by atoms with van der Waals surface area (Å²) in [5.41, 5.74) is 3.52. The number of nitrogens with one attached hydrogen (secondary N) is 1. The molecule has 8 nitrogen and oxygen atoms in total. The van der Waals surface area contributed by atoms with E-state index in [2.05, 4.69) is 45.2 Å². The van der Waals surface area contributed by atoms with Gasteiger partial charge in [0.1, 0.15) is 11.6 Å². The fourth-order valence-electron chi connectivity index (χ4n) is 3.38. The van der Waals surface area contributed by atoms with Gasteiger partial charge in [-0.15, -0.1) is 5.10 Å². The molecule has 0 amide bonds. The number of aromatic nitrogens is 5. The van der Waals surface area contributed by atoms with Crippen molar-refractivity contribution in [3.05, 3.63) is 54.6 Å². The summed E-state index contributed by atoms with van der Waals surface area (Å²) in [4.78, 5) is 11.1. The number of rotatable bonds is 7. The van der Waals surface area contributed by atoms with Gasteiger partial charge in [-0.05, 0) is 45.0 Å². The first-order valence-electron chi connectivity index (χ1n) is 9.69. The first kappa shape index (κ1) is 18.8. The van der Waals surface area contributed by atoms with Gasteiger partial charge in [-0.25, -0.2) is 4.98 Å². The van der Waals surface area contributed by atoms with Gasteiger partial charge in [-0.3, -0.25) is 0 Å². The molecule has 8 heteroatoms. The van der Waals surface area contributed by atoms with Crippen molar-refractivity contribution in [3.8, 4) is 11.4 Å². The molecule has 0 saturated carbocycles. The summed E-state index contributed by atoms with van der Waals surface area (Å²) in [7, 11) is 1.66. The largest absolute Gasteiger partial charge is 0.494 e. The van der Waals surface area contributed by atoms with Crippen LogP contribution in [0, 0.1) is 6.92 Å². The van der Waals surface area contributed by atoms with E-state index in [1.165, 1.54) is 0 Å². The molecular weight excluding hydrogens is 366 g/mol. The quantitative estimate of drug-likeness (QED) is 0.516. The second kappa shape index (κ2) is 7.83. The molecule has 3 heterocycles. The van der Waals surface area contributed by atoms with E-state index >= 15 is 0 Å². The standard InChI is InChI=1S/C21H25N7O/c1-5-26(6-2)20-9-7-8-19-24-21(25-28(19)20)23-16-10-11-17(18(12-16)29-4)27-13-15(3)22-14-27/h7-14H,5-6H2,1-4H3,(H,23,25). The first-order valence-corrected chi connectivity index (χ1v) is 9.69. The SMILES string of the molecule is CCN(CC)c1cccc2nc(Nc3ccc(-n4cnc(C)c4)c(OC)c3)nn12. The van der Waals surface area contributed by atoms with Crippen LogP contribution >= 0.6 is 0 Å². The maximum atomic E-state index is 5.58. The van der Waals surface area contributed by atoms with Gasteiger partial charge in [0, 0.05) is 31.0 Å². The number of nitrogens with zero attached hydrogens (tertiary/aromatic N) is 6. The highest BCUT2D eigenvalue weighted by atomic mass is 16.5. The monoisotopic (exact) mass is 391 g/mol. The van der Waals surface area contributed by atoms with Crippen LogP contribution in [0.1, 0.15) is 19.5 Å². The third-order valence-corrected chi connectivity index (χ3v) is 4.85. The summed E-state index contributed by atoms with van der Waals surface area (Å²) in [6.45, 7) is 8.04. The lowest BCUT2D eigenvalue weighted by molar-refractivity contribution is 0.413. The maximum absolute atomic E-state index is 5.58. The molecule has 0 radical (unpaired) electrons. The molecule has 3 aromatic heterocycles. The Bertz CT molecular complexity index is 1130. The van der Waals surface area contributed by atoms with E-state index in [4.69, 9.17) is 4.74 Å². The highest BCUT2D eigenvalue weighted by molar-refractivity contribution is 5.63. The first-order chi connectivity index (χ1) is 14.1. The molecule has 0 fully saturated rings. The number of anilines is 3. The Morgan fingerprint density at radius 2 is 1.97 bits per heavy atom. The smallest absolute Gasteiger partial charge is 0.247 e. The van der Waals surface area contributed by atoms with Crippen molar-refractivity contribution in [2.45, 2.75) is 20.8 Å². The molecule has 29 heavy (non-hydrogen) atoms. The molecule has 1 N–H and O–H groups in total. The van der Waals surface area contributed by atoms with Gasteiger partial charge in [0.25, 0.3) is 0 Å². The molecule has 0 aliphatic heterocycles. The average molecular weight is 391 g/mol. The Hall–Kier alpha value is -3.55. The fourth-order valence-corrected chi connectivity index (χ4v) is 3.38. The van der Waals surface area contributed by atoms with Gasteiger partial charge in [-0.1, -0.05) is 6.07 Å². The number of fused-ring (bicyclic) bond motifs is 1. The van der Waals surface area contributed by atoms with Crippen molar-refractivity contribution in [1.82, 2.24) is 24.1 Å². The third-order valence-electron chi connectivity index (χ3n) is 4.85. The Morgan fingerprint density at radius 1 is 1.14 bits per heavy atom. The van der Waals surface area contributed by atoms with E-state index in [9.17, 15) is 0 Å². The van der Waals surface area contributed by atoms with E-state index in [0.29, 0.717) is 5.95 Å². The normalized spacial score (nSPS) is 11.0. The van der Waals surface area contributed by atoms with Crippen LogP contribution in [0.25, 0.3) is 11.3 Å². The van der Waals surface area contributed by atoms with E-state index < -0.39 is 0 Å². The number of hydrogen-bond donors (Lipinski definition) is 1. The summed E-state index contributed by atoms with van der Waals surface area (Å²) >= 11 is 0. The van der Waals surface area contributed by atoms with E-state index in [1.807, 2.05) is 52.5 Å². The number of aryl methyl sites for hydroxylation is 1. The van der Waals surface area contributed by atoms with Crippen LogP contribution in [0.3, 0.4) is 0 Å². The molecule has 0 aliphatic rings. The second-order valence-electron chi connectivity index (χ2n) is 6.70. The molecule has 4 rings (SSSR count). The minimum atomic E-state index is 0.540. The highest BCUT2D eigenvalue weighted by Gasteiger charge is 2.12. The lowest BCUT2D eigenvalue weighted by atomic mass is 10.2. The van der Waals surface area contributed by atoms with Gasteiger partial charge >= 0.3 is 0 Å². The second-order valence-corrected chi connectivity index (χ2v) is 6.70. The Balaban J connectivity index is 1.65. The van der Waals surface area contributed by atoms with Crippen molar-refractivity contribution in [3.63, 3.8) is 0 Å². The van der Waals surface area contributed by atoms with Crippen LogP contribution in [0.15, 0.2) is 48.9 Å². The summed E-state index contributed by atoms with van der Waals surface area (Å²) in [5, 5.41) is 7.95. The van der Waals surface area contributed by atoms with Gasteiger partial charge in [0.15, 0.2) is 5.65 Å². The lowest BCUT2D eigenvalue weighted by Gasteiger charge is -2.20. The number of hydrogen-bond acceptors (Lipinski definition) is 6. The Morgan fingerprint density at radius 3 is 2.66 bits per heavy atom. The number of imidazole rings is 1. The van der Waals surface area contributed by atoms with E-state index in [1.54, 1.807) is 13.4 Å². The minimum absolute atomic E-state index is 0.540. The molecule has 0 spiro atoms. The number of benzene rings is 1. The zero-order valence-corrected chi connectivity index (χ0v) is 17.1. The molecule has 0 atom stereocenters. The zero-order chi connectivity index (χ0) is 20.4. The predicted octanol–water partition coefficient (Wildman–Crippen LogP) is 3.82. The Kier molecular flexibility index (Phi) is 5.07. The number of pyridine rings is 1. The molecule has 0 unspecified atom stereocenters. The Labute approximate surface area is 169 Å². The lowest BCUT2D eigenvalue weighted by Crippen LogP contribution is -2.24. The van der Waals surface area contributed by atoms with Gasteiger partial charge < -0.3 is 19.5 Å². The molecule has 0 aliphatic carbocycles. The summed E-state index contributed by atoms with van der Waals surface area (Å²) in [5.74, 6) is 2.30.